The van der Waals surface area contributed by atoms with Gasteiger partial charge in [-0.3, -0.25) is 19.3 Å². The minimum Gasteiger partial charge on any atom is -0.508 e. The van der Waals surface area contributed by atoms with Crippen LogP contribution in [0.15, 0.2) is 59.7 Å². The van der Waals surface area contributed by atoms with E-state index in [0.717, 1.165) is 65.5 Å². The molecule has 11 rings (SSSR count). The molecule has 4 aliphatic heterocycles. The number of aromatic nitrogens is 6. The number of aryl methyl sites for hydroxylation is 2. The Kier molecular flexibility index (Phi) is 14.7. The number of benzene rings is 3. The molecule has 2 N–H and O–H groups in total. The summed E-state index contributed by atoms with van der Waals surface area (Å²) in [6.45, 7) is 18.7. The van der Waals surface area contributed by atoms with Crippen molar-refractivity contribution in [2.45, 2.75) is 105 Å². The highest BCUT2D eigenvalue weighted by Gasteiger charge is 2.35. The monoisotopic (exact) mass is 1010 g/mol. The number of methoxy groups -OCH3 is 1. The number of phenols is 1. The van der Waals surface area contributed by atoms with E-state index in [4.69, 9.17) is 27.8 Å². The maximum Gasteiger partial charge on any atom is 0.318 e. The zero-order chi connectivity index (χ0) is 51.1. The number of hydrogen-bond acceptors (Lipinski definition) is 13. The molecule has 13 nitrogen and oxygen atoms in total. The van der Waals surface area contributed by atoms with Crippen molar-refractivity contribution >= 4 is 61.9 Å². The van der Waals surface area contributed by atoms with E-state index in [1.54, 1.807) is 11.3 Å². The lowest BCUT2D eigenvalue weighted by molar-refractivity contribution is -0.122. The summed E-state index contributed by atoms with van der Waals surface area (Å²) in [5.74, 6) is 3.06. The van der Waals surface area contributed by atoms with Crippen LogP contribution < -0.4 is 15.0 Å². The molecule has 0 amide bonds. The quantitative estimate of drug-likeness (QED) is 0.140. The summed E-state index contributed by atoms with van der Waals surface area (Å²) >= 11 is 7.83. The molecule has 3 fully saturated rings. The summed E-state index contributed by atoms with van der Waals surface area (Å²) in [7, 11) is 1.43. The van der Waals surface area contributed by atoms with E-state index in [1.807, 2.05) is 45.0 Å². The van der Waals surface area contributed by atoms with Crippen molar-refractivity contribution in [3.05, 3.63) is 110 Å². The zero-order valence-corrected chi connectivity index (χ0v) is 43.4. The Morgan fingerprint density at radius 3 is 2.35 bits per heavy atom. The van der Waals surface area contributed by atoms with Gasteiger partial charge in [-0.15, -0.1) is 28.0 Å². The SMILES string of the molecule is C#Cc1c(F)ccc2cc(O)cc(-c3ncc4c(N5CC6CCC(C5)N6)nc(OC)nc4c3F)c12.CC(C)N1CCCC1.Cc1sc2c(c1C)C(c1ccc(Cl)cc1)=NC(CC(=O)C(C)C)c1nnc(C)n1-2. The first kappa shape index (κ1) is 50.6. The number of pyridine rings is 1. The van der Waals surface area contributed by atoms with E-state index in [1.165, 1.54) is 73.9 Å². The second kappa shape index (κ2) is 21.0. The van der Waals surface area contributed by atoms with Gasteiger partial charge in [-0.2, -0.15) is 9.97 Å². The molecule has 3 atom stereocenters. The number of Topliss-reactive ketones (excluding diaryl/α,β-unsaturated/α-hetero) is 1. The van der Waals surface area contributed by atoms with E-state index < -0.39 is 11.6 Å². The molecule has 8 heterocycles. The number of aromatic hydroxyl groups is 1. The minimum atomic E-state index is -0.735. The Bertz CT molecular complexity index is 3260. The van der Waals surface area contributed by atoms with Crippen LogP contribution in [0.25, 0.3) is 37.9 Å². The van der Waals surface area contributed by atoms with Crippen molar-refractivity contribution < 1.29 is 23.4 Å². The molecule has 7 aromatic rings. The smallest absolute Gasteiger partial charge is 0.318 e. The van der Waals surface area contributed by atoms with E-state index in [9.17, 15) is 14.3 Å². The summed E-state index contributed by atoms with van der Waals surface area (Å²) in [5, 5.41) is 25.6. The molecular weight excluding hydrogens is 954 g/mol. The molecule has 0 radical (unpaired) electrons. The summed E-state index contributed by atoms with van der Waals surface area (Å²) in [6.07, 6.45) is 12.4. The van der Waals surface area contributed by atoms with Crippen LogP contribution in [0.3, 0.4) is 0 Å². The number of nitrogens with zero attached hydrogens (tertiary/aromatic N) is 9. The minimum absolute atomic E-state index is 0.0258. The molecular formula is C55H59ClF2N10O3S. The van der Waals surface area contributed by atoms with Crippen molar-refractivity contribution in [1.29, 1.82) is 0 Å². The molecule has 4 aliphatic rings. The van der Waals surface area contributed by atoms with Crippen molar-refractivity contribution in [2.24, 2.45) is 10.9 Å². The maximum atomic E-state index is 16.1. The fourth-order valence-electron chi connectivity index (χ4n) is 10.1. The highest BCUT2D eigenvalue weighted by atomic mass is 35.5. The third-order valence-corrected chi connectivity index (χ3v) is 15.5. The van der Waals surface area contributed by atoms with Crippen LogP contribution in [0.2, 0.25) is 5.02 Å². The fraction of sp³-hybridized carbons (Fsp3) is 0.400. The Hall–Kier alpha value is -6.38. The first-order valence-electron chi connectivity index (χ1n) is 24.5. The van der Waals surface area contributed by atoms with E-state index in [2.05, 4.69) is 78.4 Å². The molecule has 0 saturated carbocycles. The van der Waals surface area contributed by atoms with Gasteiger partial charge in [0, 0.05) is 81.7 Å². The molecule has 72 heavy (non-hydrogen) atoms. The number of fused-ring (bicyclic) bond motifs is 7. The molecule has 0 spiro atoms. The van der Waals surface area contributed by atoms with E-state index >= 15 is 4.39 Å². The van der Waals surface area contributed by atoms with Crippen LogP contribution in [-0.2, 0) is 4.79 Å². The van der Waals surface area contributed by atoms with Gasteiger partial charge in [0.1, 0.15) is 51.2 Å². The van der Waals surface area contributed by atoms with Gasteiger partial charge in [0.15, 0.2) is 11.6 Å². The van der Waals surface area contributed by atoms with Crippen molar-refractivity contribution in [3.63, 3.8) is 0 Å². The maximum absolute atomic E-state index is 16.1. The average molecular weight is 1010 g/mol. The Balaban J connectivity index is 0.000000156. The number of hydrogen-bond donors (Lipinski definition) is 2. The molecule has 17 heteroatoms. The highest BCUT2D eigenvalue weighted by molar-refractivity contribution is 7.15. The first-order chi connectivity index (χ1) is 34.5. The number of thiophene rings is 1. The largest absolute Gasteiger partial charge is 0.508 e. The molecule has 374 valence electrons. The average Bonchev–Trinajstić information content (AvgIpc) is 4.16. The predicted octanol–water partition coefficient (Wildman–Crippen LogP) is 10.7. The number of anilines is 1. The molecule has 0 aliphatic carbocycles. The Labute approximate surface area is 427 Å². The molecule has 3 unspecified atom stereocenters. The van der Waals surface area contributed by atoms with E-state index in [0.29, 0.717) is 40.1 Å². The van der Waals surface area contributed by atoms with Gasteiger partial charge in [-0.05, 0) is 115 Å². The van der Waals surface area contributed by atoms with E-state index in [-0.39, 0.29) is 57.2 Å². The number of ketones is 1. The third kappa shape index (κ3) is 9.92. The number of carbonyl (C=O) groups is 1. The predicted molar refractivity (Wildman–Crippen MR) is 282 cm³/mol. The summed E-state index contributed by atoms with van der Waals surface area (Å²) in [6, 6.07) is 14.3. The van der Waals surface area contributed by atoms with Gasteiger partial charge in [-0.1, -0.05) is 49.6 Å². The number of phenolic OH excluding ortho intramolecular Hbond substituents is 1. The standard InChI is InChI=1S/C26H21F2N5O2.C22H23ClN4OS.C7H15N/c1-3-17-20(27)7-4-13-8-16(34)9-18(21(13)17)23-22(28)24-19(10-29-23)25(32-26(31-24)35-2)33-11-14-5-6-15(12-33)30-14;1-11(2)18(28)10-17-21-26-25-14(5)27(21)22-19(12(3)13(4)29-22)20(24-17)15-6-8-16(23)9-7-15;1-7(2)8-5-3-4-6-8/h1,4,7-10,14-15,30,34H,5-6,11-12H2,2H3;6-9,11,17H,10H2,1-5H3;7H,3-6H2,1-2H3. The van der Waals surface area contributed by atoms with Crippen LogP contribution in [0, 0.1) is 50.7 Å². The third-order valence-electron chi connectivity index (χ3n) is 14.1. The van der Waals surface area contributed by atoms with Crippen LogP contribution in [0.4, 0.5) is 14.6 Å². The molecule has 3 aromatic carbocycles. The fourth-order valence-corrected chi connectivity index (χ4v) is 11.4. The van der Waals surface area contributed by atoms with Gasteiger partial charge in [-0.25, -0.2) is 8.78 Å². The van der Waals surface area contributed by atoms with Crippen molar-refractivity contribution in [1.82, 2.24) is 39.9 Å². The number of likely N-dealkylation sites (tertiary alicyclic amines) is 1. The van der Waals surface area contributed by atoms with Crippen LogP contribution in [-0.4, -0.2) is 103 Å². The number of halogens is 3. The van der Waals surface area contributed by atoms with Crippen LogP contribution in [0.1, 0.15) is 105 Å². The van der Waals surface area contributed by atoms with Gasteiger partial charge in [0.2, 0.25) is 0 Å². The lowest BCUT2D eigenvalue weighted by Gasteiger charge is -2.34. The number of nitrogens with one attached hydrogen (secondary N) is 1. The second-order valence-electron chi connectivity index (χ2n) is 19.5. The van der Waals surface area contributed by atoms with Gasteiger partial charge in [0.25, 0.3) is 0 Å². The van der Waals surface area contributed by atoms with Crippen molar-refractivity contribution in [2.75, 3.05) is 38.2 Å². The number of terminal acetylenes is 1. The summed E-state index contributed by atoms with van der Waals surface area (Å²) in [5.41, 5.74) is 4.19. The molecule has 4 aromatic heterocycles. The molecule has 3 saturated heterocycles. The van der Waals surface area contributed by atoms with Crippen molar-refractivity contribution in [3.8, 4) is 40.4 Å². The molecule has 2 bridgehead atoms. The number of rotatable bonds is 8. The van der Waals surface area contributed by atoms with Gasteiger partial charge >= 0.3 is 6.01 Å². The van der Waals surface area contributed by atoms with Gasteiger partial charge < -0.3 is 25.0 Å². The zero-order valence-electron chi connectivity index (χ0n) is 41.9. The number of carbonyl (C=O) groups excluding carboxylic acids is 1. The lowest BCUT2D eigenvalue weighted by Crippen LogP contribution is -2.51. The Morgan fingerprint density at radius 1 is 1.00 bits per heavy atom. The first-order valence-corrected chi connectivity index (χ1v) is 25.7. The Morgan fingerprint density at radius 2 is 1.71 bits per heavy atom. The highest BCUT2D eigenvalue weighted by Crippen LogP contribution is 2.42. The summed E-state index contributed by atoms with van der Waals surface area (Å²) in [4.78, 5) is 36.8. The summed E-state index contributed by atoms with van der Waals surface area (Å²) < 4.78 is 38.0. The number of ether oxygens (including phenoxy) is 1. The number of aliphatic imine (C=N–C) groups is 1. The second-order valence-corrected chi connectivity index (χ2v) is 21.1. The topological polar surface area (TPSA) is 147 Å². The number of piperazine rings is 1. The van der Waals surface area contributed by atoms with Crippen LogP contribution in [0.5, 0.6) is 11.8 Å². The normalized spacial score (nSPS) is 18.2. The van der Waals surface area contributed by atoms with Gasteiger partial charge in [0.05, 0.1) is 23.8 Å². The lowest BCUT2D eigenvalue weighted by atomic mass is 9.96. The van der Waals surface area contributed by atoms with Crippen LogP contribution >= 0.6 is 22.9 Å².